The largest absolute Gasteiger partial charge is 0.326 e. The third-order valence-corrected chi connectivity index (χ3v) is 5.99. The maximum absolute atomic E-state index is 12.6. The van der Waals surface area contributed by atoms with Crippen molar-refractivity contribution in [2.24, 2.45) is 0 Å². The average molecular weight is 426 g/mol. The molecule has 0 aliphatic heterocycles. The number of aryl methyl sites for hydroxylation is 3. The van der Waals surface area contributed by atoms with Crippen molar-refractivity contribution in [3.63, 3.8) is 0 Å². The molecule has 2 heterocycles. The number of benzene rings is 2. The summed E-state index contributed by atoms with van der Waals surface area (Å²) in [5.41, 5.74) is 7.56. The van der Waals surface area contributed by atoms with Crippen LogP contribution in [-0.2, 0) is 17.6 Å². The van der Waals surface area contributed by atoms with Gasteiger partial charge < -0.3 is 5.32 Å². The second-order valence-corrected chi connectivity index (χ2v) is 7.88. The van der Waals surface area contributed by atoms with E-state index < -0.39 is 0 Å². The number of hydrogen-bond donors (Lipinski definition) is 1. The number of carbonyl (C=O) groups is 1. The van der Waals surface area contributed by atoms with Crippen molar-refractivity contribution in [3.8, 4) is 11.3 Å². The number of thiazole rings is 1. The summed E-state index contributed by atoms with van der Waals surface area (Å²) >= 11 is 1.56. The van der Waals surface area contributed by atoms with Crippen molar-refractivity contribution in [1.82, 2.24) is 9.38 Å². The van der Waals surface area contributed by atoms with Crippen LogP contribution < -0.4 is 5.32 Å². The van der Waals surface area contributed by atoms with Crippen molar-refractivity contribution < 1.29 is 4.79 Å². The van der Waals surface area contributed by atoms with E-state index in [2.05, 4.69) is 44.3 Å². The first-order chi connectivity index (χ1) is 13.5. The molecule has 29 heavy (non-hydrogen) atoms. The third kappa shape index (κ3) is 4.36. The minimum Gasteiger partial charge on any atom is -0.326 e. The van der Waals surface area contributed by atoms with Crippen LogP contribution in [0.1, 0.15) is 29.3 Å². The summed E-state index contributed by atoms with van der Waals surface area (Å²) in [6.45, 7) is 6.31. The van der Waals surface area contributed by atoms with Gasteiger partial charge in [0.1, 0.15) is 0 Å². The Morgan fingerprint density at radius 3 is 2.69 bits per heavy atom. The Balaban J connectivity index is 0.00000240. The van der Waals surface area contributed by atoms with Gasteiger partial charge in [0.05, 0.1) is 12.1 Å². The van der Waals surface area contributed by atoms with E-state index in [0.29, 0.717) is 6.42 Å². The van der Waals surface area contributed by atoms with Crippen LogP contribution >= 0.6 is 23.7 Å². The zero-order valence-electron chi connectivity index (χ0n) is 16.7. The van der Waals surface area contributed by atoms with E-state index in [1.54, 1.807) is 11.3 Å². The van der Waals surface area contributed by atoms with Gasteiger partial charge in [0.25, 0.3) is 0 Å². The number of rotatable bonds is 5. The Kier molecular flexibility index (Phi) is 6.40. The first kappa shape index (κ1) is 21.1. The molecule has 4 aromatic rings. The fourth-order valence-electron chi connectivity index (χ4n) is 3.31. The molecule has 0 radical (unpaired) electrons. The number of nitrogens with one attached hydrogen (secondary N) is 1. The molecule has 0 bridgehead atoms. The monoisotopic (exact) mass is 425 g/mol. The highest BCUT2D eigenvalue weighted by molar-refractivity contribution is 7.15. The van der Waals surface area contributed by atoms with Crippen molar-refractivity contribution in [1.29, 1.82) is 0 Å². The van der Waals surface area contributed by atoms with Crippen LogP contribution in [0.15, 0.2) is 54.0 Å². The van der Waals surface area contributed by atoms with Gasteiger partial charge in [-0.1, -0.05) is 37.3 Å². The molecule has 0 unspecified atom stereocenters. The quantitative estimate of drug-likeness (QED) is 0.436. The van der Waals surface area contributed by atoms with Crippen LogP contribution in [0.25, 0.3) is 16.2 Å². The highest BCUT2D eigenvalue weighted by atomic mass is 35.5. The third-order valence-electron chi connectivity index (χ3n) is 5.10. The van der Waals surface area contributed by atoms with Crippen LogP contribution in [0.2, 0.25) is 0 Å². The smallest absolute Gasteiger partial charge is 0.230 e. The van der Waals surface area contributed by atoms with Gasteiger partial charge in [-0.3, -0.25) is 9.20 Å². The maximum atomic E-state index is 12.6. The molecule has 0 spiro atoms. The molecule has 0 saturated carbocycles. The molecule has 0 atom stereocenters. The topological polar surface area (TPSA) is 46.4 Å². The lowest BCUT2D eigenvalue weighted by molar-refractivity contribution is -0.115. The van der Waals surface area contributed by atoms with E-state index in [-0.39, 0.29) is 18.3 Å². The van der Waals surface area contributed by atoms with E-state index in [9.17, 15) is 4.79 Å². The van der Waals surface area contributed by atoms with E-state index in [1.807, 2.05) is 40.2 Å². The predicted molar refractivity (Wildman–Crippen MR) is 123 cm³/mol. The molecule has 2 aromatic carbocycles. The first-order valence-electron chi connectivity index (χ1n) is 9.46. The number of carbonyl (C=O) groups excluding carboxylic acids is 1. The second kappa shape index (κ2) is 8.80. The van der Waals surface area contributed by atoms with Gasteiger partial charge in [-0.05, 0) is 49.1 Å². The lowest BCUT2D eigenvalue weighted by atomic mass is 10.0. The second-order valence-electron chi connectivity index (χ2n) is 7.04. The summed E-state index contributed by atoms with van der Waals surface area (Å²) < 4.78 is 2.03. The van der Waals surface area contributed by atoms with E-state index in [4.69, 9.17) is 4.98 Å². The Bertz CT molecular complexity index is 1160. The fourth-order valence-corrected chi connectivity index (χ4v) is 4.18. The number of aromatic nitrogens is 2. The number of hydrogen-bond acceptors (Lipinski definition) is 3. The van der Waals surface area contributed by atoms with E-state index in [0.717, 1.165) is 39.6 Å². The molecule has 0 fully saturated rings. The molecule has 1 amide bonds. The number of anilines is 1. The lowest BCUT2D eigenvalue weighted by Gasteiger charge is -2.09. The van der Waals surface area contributed by atoms with Gasteiger partial charge in [-0.2, -0.15) is 0 Å². The molecular weight excluding hydrogens is 402 g/mol. The van der Waals surface area contributed by atoms with Crippen LogP contribution in [-0.4, -0.2) is 15.3 Å². The van der Waals surface area contributed by atoms with Gasteiger partial charge >= 0.3 is 0 Å². The van der Waals surface area contributed by atoms with Gasteiger partial charge in [-0.15, -0.1) is 23.7 Å². The van der Waals surface area contributed by atoms with Crippen LogP contribution in [0.4, 0.5) is 5.69 Å². The first-order valence-corrected chi connectivity index (χ1v) is 10.3. The molecule has 1 N–H and O–H groups in total. The molecule has 2 aromatic heterocycles. The maximum Gasteiger partial charge on any atom is 0.230 e. The van der Waals surface area contributed by atoms with Gasteiger partial charge in [0.15, 0.2) is 4.96 Å². The summed E-state index contributed by atoms with van der Waals surface area (Å²) in [6.07, 6.45) is 3.24. The summed E-state index contributed by atoms with van der Waals surface area (Å²) in [5, 5.41) is 5.06. The molecule has 4 rings (SSSR count). The van der Waals surface area contributed by atoms with E-state index in [1.165, 1.54) is 11.1 Å². The minimum atomic E-state index is -0.0120. The van der Waals surface area contributed by atoms with Crippen LogP contribution in [0.5, 0.6) is 0 Å². The number of halogens is 1. The summed E-state index contributed by atoms with van der Waals surface area (Å²) in [5.74, 6) is -0.0120. The fraction of sp³-hybridized carbons (Fsp3) is 0.217. The van der Waals surface area contributed by atoms with Gasteiger partial charge in [0.2, 0.25) is 5.91 Å². The normalized spacial score (nSPS) is 10.7. The van der Waals surface area contributed by atoms with Crippen molar-refractivity contribution in [3.05, 3.63) is 76.4 Å². The van der Waals surface area contributed by atoms with Gasteiger partial charge in [-0.25, -0.2) is 4.98 Å². The number of nitrogens with zero attached hydrogens (tertiary/aromatic N) is 2. The standard InChI is InChI=1S/C23H23N3OS.ClH/c1-4-17-7-5-6-8-20(17)24-22(27)12-19-14-28-23-25-21(13-26(19)23)18-10-9-15(2)16(3)11-18;/h5-11,13-14H,4,12H2,1-3H3,(H,24,27);1H. The number of amides is 1. The Labute approximate surface area is 181 Å². The Morgan fingerprint density at radius 2 is 1.93 bits per heavy atom. The molecule has 150 valence electrons. The molecule has 0 aliphatic carbocycles. The molecule has 0 aliphatic rings. The summed E-state index contributed by atoms with van der Waals surface area (Å²) in [7, 11) is 0. The average Bonchev–Trinajstić information content (AvgIpc) is 3.26. The van der Waals surface area contributed by atoms with E-state index >= 15 is 0 Å². The van der Waals surface area contributed by atoms with Crippen LogP contribution in [0.3, 0.4) is 0 Å². The molecule has 0 saturated heterocycles. The SMILES string of the molecule is CCc1ccccc1NC(=O)Cc1csc2nc(-c3ccc(C)c(C)c3)cn12.Cl. The van der Waals surface area contributed by atoms with Crippen molar-refractivity contribution in [2.75, 3.05) is 5.32 Å². The minimum absolute atomic E-state index is 0. The van der Waals surface area contributed by atoms with Gasteiger partial charge in [0, 0.05) is 28.5 Å². The highest BCUT2D eigenvalue weighted by Crippen LogP contribution is 2.26. The number of imidazole rings is 1. The zero-order chi connectivity index (χ0) is 19.7. The van der Waals surface area contributed by atoms with Crippen molar-refractivity contribution in [2.45, 2.75) is 33.6 Å². The number of fused-ring (bicyclic) bond motifs is 1. The Morgan fingerprint density at radius 1 is 1.14 bits per heavy atom. The molecular formula is C23H24ClN3OS. The molecule has 6 heteroatoms. The summed E-state index contributed by atoms with van der Waals surface area (Å²) in [6, 6.07) is 14.3. The zero-order valence-corrected chi connectivity index (χ0v) is 18.4. The van der Waals surface area contributed by atoms with Crippen LogP contribution in [0, 0.1) is 13.8 Å². The predicted octanol–water partition coefficient (Wildman–Crippen LogP) is 5.85. The lowest BCUT2D eigenvalue weighted by Crippen LogP contribution is -2.16. The number of para-hydroxylation sites is 1. The van der Waals surface area contributed by atoms with Crippen molar-refractivity contribution >= 4 is 40.3 Å². The summed E-state index contributed by atoms with van der Waals surface area (Å²) in [4.78, 5) is 18.3. The Hall–Kier alpha value is -2.63. The molecule has 4 nitrogen and oxygen atoms in total. The highest BCUT2D eigenvalue weighted by Gasteiger charge is 2.14.